The molecule has 4 heterocycles. The number of aromatic nitrogens is 7. The average molecular weight is 376 g/mol. The van der Waals surface area contributed by atoms with Gasteiger partial charge in [-0.2, -0.15) is 5.10 Å². The van der Waals surface area contributed by atoms with E-state index in [0.717, 1.165) is 47.7 Å². The number of hydrogen-bond donors (Lipinski definition) is 1. The number of rotatable bonds is 7. The van der Waals surface area contributed by atoms with Gasteiger partial charge in [-0.15, -0.1) is 10.2 Å². The molecule has 144 valence electrons. The zero-order chi connectivity index (χ0) is 19.5. The van der Waals surface area contributed by atoms with Crippen LogP contribution in [0.5, 0.6) is 0 Å². The zero-order valence-electron chi connectivity index (χ0n) is 16.4. The molecule has 28 heavy (non-hydrogen) atoms. The van der Waals surface area contributed by atoms with Gasteiger partial charge in [0.2, 0.25) is 5.95 Å². The van der Waals surface area contributed by atoms with E-state index in [4.69, 9.17) is 0 Å². The van der Waals surface area contributed by atoms with Gasteiger partial charge in [0.1, 0.15) is 5.82 Å². The van der Waals surface area contributed by atoms with Gasteiger partial charge in [0.25, 0.3) is 0 Å². The average Bonchev–Trinajstić information content (AvgIpc) is 3.31. The number of fused-ring (bicyclic) bond motifs is 1. The van der Waals surface area contributed by atoms with Gasteiger partial charge < -0.3 is 5.32 Å². The van der Waals surface area contributed by atoms with Gasteiger partial charge in [0, 0.05) is 37.6 Å². The standard InChI is InChI=1S/C20H24N8/c1-4-14(5-2)10-18-25-26-19-11-15(7-9-28(18)19)17-6-8-21-20(24-17)23-16-12-22-27(3)13-16/h6-9,11-14H,4-5,10H2,1-3H3,(H,21,23,24). The van der Waals surface area contributed by atoms with Crippen LogP contribution < -0.4 is 5.32 Å². The number of hydrogen-bond acceptors (Lipinski definition) is 6. The molecule has 0 saturated heterocycles. The summed E-state index contributed by atoms with van der Waals surface area (Å²) in [4.78, 5) is 8.91. The summed E-state index contributed by atoms with van der Waals surface area (Å²) in [6.07, 6.45) is 10.6. The molecule has 4 aromatic heterocycles. The normalized spacial score (nSPS) is 11.4. The predicted molar refractivity (Wildman–Crippen MR) is 108 cm³/mol. The van der Waals surface area contributed by atoms with Gasteiger partial charge in [-0.3, -0.25) is 9.08 Å². The lowest BCUT2D eigenvalue weighted by Gasteiger charge is -2.10. The molecule has 0 spiro atoms. The van der Waals surface area contributed by atoms with Crippen molar-refractivity contribution in [3.8, 4) is 11.3 Å². The molecule has 0 bridgehead atoms. The lowest BCUT2D eigenvalue weighted by atomic mass is 9.99. The number of aryl methyl sites for hydroxylation is 1. The van der Waals surface area contributed by atoms with Crippen LogP contribution in [0.15, 0.2) is 43.0 Å². The first kappa shape index (κ1) is 18.1. The van der Waals surface area contributed by atoms with E-state index in [1.54, 1.807) is 17.1 Å². The molecule has 0 fully saturated rings. The van der Waals surface area contributed by atoms with Crippen LogP contribution in [0.1, 0.15) is 32.5 Å². The van der Waals surface area contributed by atoms with E-state index in [0.29, 0.717) is 11.9 Å². The van der Waals surface area contributed by atoms with Crippen molar-refractivity contribution < 1.29 is 0 Å². The molecule has 8 nitrogen and oxygen atoms in total. The molecule has 4 aromatic rings. The Labute approximate surface area is 163 Å². The van der Waals surface area contributed by atoms with Crippen molar-refractivity contribution in [2.24, 2.45) is 13.0 Å². The highest BCUT2D eigenvalue weighted by Gasteiger charge is 2.12. The van der Waals surface area contributed by atoms with Gasteiger partial charge in [-0.05, 0) is 24.1 Å². The molecule has 0 atom stereocenters. The second-order valence-electron chi connectivity index (χ2n) is 6.94. The fraction of sp³-hybridized carbons (Fsp3) is 0.350. The minimum atomic E-state index is 0.529. The lowest BCUT2D eigenvalue weighted by Crippen LogP contribution is -2.05. The van der Waals surface area contributed by atoms with Crippen molar-refractivity contribution in [3.05, 3.63) is 48.8 Å². The molecule has 0 aromatic carbocycles. The summed E-state index contributed by atoms with van der Waals surface area (Å²) in [6, 6.07) is 5.95. The van der Waals surface area contributed by atoms with Crippen LogP contribution in [-0.2, 0) is 13.5 Å². The van der Waals surface area contributed by atoms with E-state index in [9.17, 15) is 0 Å². The van der Waals surface area contributed by atoms with Crippen LogP contribution in [0.3, 0.4) is 0 Å². The summed E-state index contributed by atoms with van der Waals surface area (Å²) in [7, 11) is 1.87. The minimum Gasteiger partial charge on any atom is -0.321 e. The van der Waals surface area contributed by atoms with Gasteiger partial charge in [0.15, 0.2) is 5.65 Å². The van der Waals surface area contributed by atoms with E-state index in [1.807, 2.05) is 37.6 Å². The number of nitrogens with zero attached hydrogens (tertiary/aromatic N) is 7. The molecule has 0 amide bonds. The van der Waals surface area contributed by atoms with E-state index in [1.165, 1.54) is 0 Å². The monoisotopic (exact) mass is 376 g/mol. The zero-order valence-corrected chi connectivity index (χ0v) is 16.4. The Balaban J connectivity index is 1.60. The molecule has 0 aliphatic rings. The maximum absolute atomic E-state index is 4.62. The maximum atomic E-state index is 4.62. The van der Waals surface area contributed by atoms with E-state index in [-0.39, 0.29) is 0 Å². The van der Waals surface area contributed by atoms with Crippen molar-refractivity contribution >= 4 is 17.3 Å². The third kappa shape index (κ3) is 3.71. The minimum absolute atomic E-state index is 0.529. The van der Waals surface area contributed by atoms with Crippen molar-refractivity contribution in [3.63, 3.8) is 0 Å². The molecule has 0 aliphatic carbocycles. The fourth-order valence-electron chi connectivity index (χ4n) is 3.27. The Morgan fingerprint density at radius 3 is 2.75 bits per heavy atom. The summed E-state index contributed by atoms with van der Waals surface area (Å²) in [6.45, 7) is 4.45. The van der Waals surface area contributed by atoms with Crippen LogP contribution in [0.2, 0.25) is 0 Å². The first-order valence-electron chi connectivity index (χ1n) is 9.59. The van der Waals surface area contributed by atoms with Crippen LogP contribution in [0.4, 0.5) is 11.6 Å². The topological polar surface area (TPSA) is 85.8 Å². The summed E-state index contributed by atoms with van der Waals surface area (Å²) < 4.78 is 3.79. The lowest BCUT2D eigenvalue weighted by molar-refractivity contribution is 0.476. The first-order chi connectivity index (χ1) is 13.7. The molecule has 1 N–H and O–H groups in total. The Kier molecular flexibility index (Phi) is 5.01. The quantitative estimate of drug-likeness (QED) is 0.530. The Hall–Kier alpha value is -3.29. The van der Waals surface area contributed by atoms with Crippen LogP contribution in [0, 0.1) is 5.92 Å². The van der Waals surface area contributed by atoms with Crippen LogP contribution >= 0.6 is 0 Å². The number of pyridine rings is 1. The second kappa shape index (κ2) is 7.75. The second-order valence-corrected chi connectivity index (χ2v) is 6.94. The van der Waals surface area contributed by atoms with Gasteiger partial charge >= 0.3 is 0 Å². The smallest absolute Gasteiger partial charge is 0.227 e. The highest BCUT2D eigenvalue weighted by atomic mass is 15.3. The number of anilines is 2. The largest absolute Gasteiger partial charge is 0.321 e. The maximum Gasteiger partial charge on any atom is 0.227 e. The molecule has 4 rings (SSSR count). The molecule has 0 unspecified atom stereocenters. The highest BCUT2D eigenvalue weighted by molar-refractivity contribution is 5.65. The van der Waals surface area contributed by atoms with Crippen molar-refractivity contribution in [1.29, 1.82) is 0 Å². The van der Waals surface area contributed by atoms with Gasteiger partial charge in [-0.25, -0.2) is 9.97 Å². The molecular weight excluding hydrogens is 352 g/mol. The molecule has 0 saturated carbocycles. The molecule has 0 radical (unpaired) electrons. The van der Waals surface area contributed by atoms with Crippen molar-refractivity contribution in [2.75, 3.05) is 5.32 Å². The first-order valence-corrected chi connectivity index (χ1v) is 9.59. The molecular formula is C20H24N8. The Bertz CT molecular complexity index is 1080. The highest BCUT2D eigenvalue weighted by Crippen LogP contribution is 2.22. The summed E-state index contributed by atoms with van der Waals surface area (Å²) in [5, 5.41) is 16.1. The Morgan fingerprint density at radius 1 is 1.14 bits per heavy atom. The van der Waals surface area contributed by atoms with Gasteiger partial charge in [0.05, 0.1) is 17.6 Å². The third-order valence-corrected chi connectivity index (χ3v) is 5.02. The van der Waals surface area contributed by atoms with Crippen LogP contribution in [0.25, 0.3) is 16.9 Å². The Morgan fingerprint density at radius 2 is 2.00 bits per heavy atom. The summed E-state index contributed by atoms with van der Waals surface area (Å²) >= 11 is 0. The molecule has 8 heteroatoms. The fourth-order valence-corrected chi connectivity index (χ4v) is 3.27. The summed E-state index contributed by atoms with van der Waals surface area (Å²) in [5.41, 5.74) is 3.48. The van der Waals surface area contributed by atoms with E-state index >= 15 is 0 Å². The third-order valence-electron chi connectivity index (χ3n) is 5.02. The SMILES string of the molecule is CCC(CC)Cc1nnc2cc(-c3ccnc(Nc4cnn(C)c4)n3)ccn12. The van der Waals surface area contributed by atoms with E-state index < -0.39 is 0 Å². The predicted octanol–water partition coefficient (Wildman–Crippen LogP) is 3.64. The van der Waals surface area contributed by atoms with Crippen LogP contribution in [-0.4, -0.2) is 34.3 Å². The van der Waals surface area contributed by atoms with E-state index in [2.05, 4.69) is 48.8 Å². The van der Waals surface area contributed by atoms with Gasteiger partial charge in [-0.1, -0.05) is 26.7 Å². The summed E-state index contributed by atoms with van der Waals surface area (Å²) in [5.74, 6) is 2.17. The van der Waals surface area contributed by atoms with Crippen molar-refractivity contribution in [2.45, 2.75) is 33.1 Å². The number of nitrogens with one attached hydrogen (secondary N) is 1. The van der Waals surface area contributed by atoms with Crippen molar-refractivity contribution in [1.82, 2.24) is 34.3 Å². The molecule has 0 aliphatic heterocycles.